The van der Waals surface area contributed by atoms with Gasteiger partial charge in [-0.15, -0.1) is 12.4 Å². The molecule has 0 aliphatic carbocycles. The lowest BCUT2D eigenvalue weighted by Crippen LogP contribution is -2.48. The highest BCUT2D eigenvalue weighted by atomic mass is 35.5. The summed E-state index contributed by atoms with van der Waals surface area (Å²) in [6.45, 7) is 7.79. The van der Waals surface area contributed by atoms with E-state index >= 15 is 0 Å². The molecule has 0 aromatic heterocycles. The van der Waals surface area contributed by atoms with Crippen molar-refractivity contribution in [2.75, 3.05) is 39.3 Å². The number of nitrogens with zero attached hydrogens (tertiary/aromatic N) is 2. The third kappa shape index (κ3) is 4.07. The fourth-order valence-corrected chi connectivity index (χ4v) is 6.11. The van der Waals surface area contributed by atoms with E-state index in [1.54, 1.807) is 18.2 Å². The number of hydrogen-bond acceptors (Lipinski definition) is 5. The molecule has 28 heavy (non-hydrogen) atoms. The molecule has 3 aliphatic rings. The molecule has 1 N–H and O–H groups in total. The number of amides is 1. The molecule has 1 amide bonds. The molecule has 1 aromatic carbocycles. The van der Waals surface area contributed by atoms with Crippen LogP contribution in [0.3, 0.4) is 0 Å². The number of morpholine rings is 1. The van der Waals surface area contributed by atoms with Crippen molar-refractivity contribution >= 4 is 28.3 Å². The van der Waals surface area contributed by atoms with E-state index in [0.717, 1.165) is 26.2 Å². The van der Waals surface area contributed by atoms with Crippen LogP contribution in [0.1, 0.15) is 24.2 Å². The first-order valence-corrected chi connectivity index (χ1v) is 11.0. The molecule has 0 spiro atoms. The zero-order valence-electron chi connectivity index (χ0n) is 16.2. The lowest BCUT2D eigenvalue weighted by Gasteiger charge is -2.34. The fourth-order valence-electron chi connectivity index (χ4n) is 4.47. The van der Waals surface area contributed by atoms with Crippen LogP contribution in [0.5, 0.6) is 0 Å². The van der Waals surface area contributed by atoms with Crippen molar-refractivity contribution in [1.29, 1.82) is 0 Å². The van der Waals surface area contributed by atoms with Crippen molar-refractivity contribution in [3.05, 3.63) is 29.8 Å². The van der Waals surface area contributed by atoms with Gasteiger partial charge in [-0.3, -0.25) is 4.79 Å². The molecule has 3 aliphatic heterocycles. The van der Waals surface area contributed by atoms with E-state index in [1.165, 1.54) is 10.4 Å². The SMILES string of the molecule is CC1CN(S(=O)(=O)c2cccc(C(=O)N3C[C@H]4CNC[C@H]4C3)c2)CC(C)O1.Cl. The molecule has 3 saturated heterocycles. The third-order valence-corrected chi connectivity index (χ3v) is 7.61. The number of fused-ring (bicyclic) bond motifs is 1. The highest BCUT2D eigenvalue weighted by molar-refractivity contribution is 7.89. The number of halogens is 1. The van der Waals surface area contributed by atoms with Crippen LogP contribution in [0.4, 0.5) is 0 Å². The topological polar surface area (TPSA) is 79.0 Å². The quantitative estimate of drug-likeness (QED) is 0.781. The number of hydrogen-bond donors (Lipinski definition) is 1. The summed E-state index contributed by atoms with van der Waals surface area (Å²) in [5.74, 6) is 0.944. The second kappa shape index (κ2) is 8.28. The summed E-state index contributed by atoms with van der Waals surface area (Å²) in [6.07, 6.45) is -0.295. The molecule has 3 fully saturated rings. The monoisotopic (exact) mass is 429 g/mol. The van der Waals surface area contributed by atoms with Gasteiger partial charge in [0.05, 0.1) is 17.1 Å². The Morgan fingerprint density at radius 1 is 1.07 bits per heavy atom. The van der Waals surface area contributed by atoms with E-state index in [1.807, 2.05) is 18.7 Å². The van der Waals surface area contributed by atoms with Crippen molar-refractivity contribution in [3.63, 3.8) is 0 Å². The first-order chi connectivity index (χ1) is 12.8. The molecule has 9 heteroatoms. The minimum Gasteiger partial charge on any atom is -0.373 e. The first kappa shape index (κ1) is 21.5. The summed E-state index contributed by atoms with van der Waals surface area (Å²) in [5, 5.41) is 3.36. The van der Waals surface area contributed by atoms with E-state index in [2.05, 4.69) is 5.32 Å². The number of likely N-dealkylation sites (tertiary alicyclic amines) is 1. The van der Waals surface area contributed by atoms with Crippen molar-refractivity contribution in [2.24, 2.45) is 11.8 Å². The van der Waals surface area contributed by atoms with E-state index in [0.29, 0.717) is 30.5 Å². The zero-order chi connectivity index (χ0) is 19.2. The van der Waals surface area contributed by atoms with Gasteiger partial charge in [-0.05, 0) is 43.9 Å². The number of ether oxygens (including phenoxy) is 1. The first-order valence-electron chi connectivity index (χ1n) is 9.60. The van der Waals surface area contributed by atoms with Crippen LogP contribution >= 0.6 is 12.4 Å². The maximum atomic E-state index is 13.1. The Bertz CT molecular complexity index is 812. The van der Waals surface area contributed by atoms with Gasteiger partial charge in [0.2, 0.25) is 10.0 Å². The minimum atomic E-state index is -3.65. The Kier molecular flexibility index (Phi) is 6.36. The van der Waals surface area contributed by atoms with Crippen LogP contribution in [-0.4, -0.2) is 75.0 Å². The van der Waals surface area contributed by atoms with Gasteiger partial charge >= 0.3 is 0 Å². The van der Waals surface area contributed by atoms with Crippen LogP contribution in [0.25, 0.3) is 0 Å². The van der Waals surface area contributed by atoms with Crippen molar-refractivity contribution in [1.82, 2.24) is 14.5 Å². The van der Waals surface area contributed by atoms with E-state index in [4.69, 9.17) is 4.74 Å². The van der Waals surface area contributed by atoms with E-state index in [9.17, 15) is 13.2 Å². The average Bonchev–Trinajstić information content (AvgIpc) is 3.22. The molecular weight excluding hydrogens is 402 g/mol. The Hall–Kier alpha value is -1.19. The van der Waals surface area contributed by atoms with Crippen molar-refractivity contribution in [2.45, 2.75) is 31.0 Å². The third-order valence-electron chi connectivity index (χ3n) is 5.78. The normalized spacial score (nSPS) is 30.7. The molecule has 4 atom stereocenters. The lowest BCUT2D eigenvalue weighted by molar-refractivity contribution is -0.0440. The summed E-state index contributed by atoms with van der Waals surface area (Å²) in [6, 6.07) is 6.46. The van der Waals surface area contributed by atoms with Gasteiger partial charge < -0.3 is 15.0 Å². The number of carbonyl (C=O) groups is 1. The number of carbonyl (C=O) groups excluding carboxylic acids is 1. The highest BCUT2D eigenvalue weighted by Crippen LogP contribution is 2.28. The molecule has 0 saturated carbocycles. The molecular formula is C19H28ClN3O4S. The van der Waals surface area contributed by atoms with Gasteiger partial charge in [-0.2, -0.15) is 4.31 Å². The molecule has 3 heterocycles. The summed E-state index contributed by atoms with van der Waals surface area (Å²) in [5.41, 5.74) is 0.443. The number of benzene rings is 1. The van der Waals surface area contributed by atoms with Gasteiger partial charge in [-0.25, -0.2) is 8.42 Å². The Labute approximate surface area is 172 Å². The maximum Gasteiger partial charge on any atom is 0.253 e. The van der Waals surface area contributed by atoms with Crippen LogP contribution in [0.15, 0.2) is 29.2 Å². The minimum absolute atomic E-state index is 0. The molecule has 2 unspecified atom stereocenters. The van der Waals surface area contributed by atoms with E-state index in [-0.39, 0.29) is 35.4 Å². The largest absolute Gasteiger partial charge is 0.373 e. The number of nitrogens with one attached hydrogen (secondary N) is 1. The predicted molar refractivity (Wildman–Crippen MR) is 108 cm³/mol. The summed E-state index contributed by atoms with van der Waals surface area (Å²) in [4.78, 5) is 15.0. The zero-order valence-corrected chi connectivity index (χ0v) is 17.8. The molecule has 7 nitrogen and oxygen atoms in total. The van der Waals surface area contributed by atoms with Gasteiger partial charge in [0.1, 0.15) is 0 Å². The maximum absolute atomic E-state index is 13.1. The molecule has 0 bridgehead atoms. The Morgan fingerprint density at radius 2 is 1.68 bits per heavy atom. The Balaban J connectivity index is 0.00000225. The summed E-state index contributed by atoms with van der Waals surface area (Å²) < 4.78 is 33.2. The molecule has 4 rings (SSSR count). The van der Waals surface area contributed by atoms with Crippen molar-refractivity contribution < 1.29 is 17.9 Å². The summed E-state index contributed by atoms with van der Waals surface area (Å²) in [7, 11) is -3.65. The van der Waals surface area contributed by atoms with Crippen LogP contribution in [0, 0.1) is 11.8 Å². The second-order valence-corrected chi connectivity index (χ2v) is 9.93. The van der Waals surface area contributed by atoms with Gasteiger partial charge in [0.15, 0.2) is 0 Å². The smallest absolute Gasteiger partial charge is 0.253 e. The standard InChI is InChI=1S/C19H27N3O4S.ClH/c1-13-9-22(10-14(2)26-13)27(24,25)18-5-3-4-15(6-18)19(23)21-11-16-7-20-8-17(16)12-21;/h3-6,13-14,16-17,20H,7-12H2,1-2H3;1H/t13?,14?,16-,17+;. The molecule has 0 radical (unpaired) electrons. The Morgan fingerprint density at radius 3 is 2.29 bits per heavy atom. The molecule has 156 valence electrons. The lowest BCUT2D eigenvalue weighted by atomic mass is 10.0. The average molecular weight is 430 g/mol. The number of sulfonamides is 1. The van der Waals surface area contributed by atoms with Crippen LogP contribution in [-0.2, 0) is 14.8 Å². The van der Waals surface area contributed by atoms with Gasteiger partial charge in [0.25, 0.3) is 5.91 Å². The molecule has 1 aromatic rings. The number of rotatable bonds is 3. The second-order valence-electron chi connectivity index (χ2n) is 8.00. The van der Waals surface area contributed by atoms with Gasteiger partial charge in [0, 0.05) is 44.8 Å². The van der Waals surface area contributed by atoms with Crippen LogP contribution < -0.4 is 5.32 Å². The predicted octanol–water partition coefficient (Wildman–Crippen LogP) is 1.20. The van der Waals surface area contributed by atoms with Gasteiger partial charge in [-0.1, -0.05) is 6.07 Å². The van der Waals surface area contributed by atoms with Crippen molar-refractivity contribution in [3.8, 4) is 0 Å². The van der Waals surface area contributed by atoms with Crippen LogP contribution in [0.2, 0.25) is 0 Å². The summed E-state index contributed by atoms with van der Waals surface area (Å²) >= 11 is 0. The fraction of sp³-hybridized carbons (Fsp3) is 0.632. The van der Waals surface area contributed by atoms with E-state index < -0.39 is 10.0 Å². The highest BCUT2D eigenvalue weighted by Gasteiger charge is 2.38.